The van der Waals surface area contributed by atoms with E-state index < -0.39 is 9.84 Å². The highest BCUT2D eigenvalue weighted by Gasteiger charge is 2.20. The van der Waals surface area contributed by atoms with Crippen molar-refractivity contribution in [2.24, 2.45) is 0 Å². The van der Waals surface area contributed by atoms with Gasteiger partial charge in [0.05, 0.1) is 10.6 Å². The van der Waals surface area contributed by atoms with Crippen LogP contribution in [0.1, 0.15) is 25.0 Å². The van der Waals surface area contributed by atoms with Crippen LogP contribution in [0.2, 0.25) is 0 Å². The zero-order valence-corrected chi connectivity index (χ0v) is 11.8. The molecular formula is C13H21NO2S. The van der Waals surface area contributed by atoms with Gasteiger partial charge in [0.2, 0.25) is 0 Å². The summed E-state index contributed by atoms with van der Waals surface area (Å²) in [5, 5.41) is 3.13. The van der Waals surface area contributed by atoms with Gasteiger partial charge in [-0.2, -0.15) is 0 Å². The van der Waals surface area contributed by atoms with Crippen molar-refractivity contribution in [2.45, 2.75) is 38.6 Å². The van der Waals surface area contributed by atoms with Gasteiger partial charge in [-0.25, -0.2) is 8.42 Å². The number of hydrogen-bond donors (Lipinski definition) is 1. The molecule has 3 nitrogen and oxygen atoms in total. The lowest BCUT2D eigenvalue weighted by Crippen LogP contribution is -2.33. The van der Waals surface area contributed by atoms with Crippen LogP contribution in [0.3, 0.4) is 0 Å². The maximum absolute atomic E-state index is 12.3. The van der Waals surface area contributed by atoms with Crippen molar-refractivity contribution in [3.8, 4) is 0 Å². The van der Waals surface area contributed by atoms with Gasteiger partial charge >= 0.3 is 0 Å². The summed E-state index contributed by atoms with van der Waals surface area (Å²) < 4.78 is 24.5. The molecule has 0 spiro atoms. The van der Waals surface area contributed by atoms with E-state index in [1.165, 1.54) is 0 Å². The standard InChI is InChI=1S/C13H21NO2S/c1-5-14-12(4)9-17(15,16)13-8-10(2)6-7-11(13)3/h6-8,12,14H,5,9H2,1-4H3. The molecule has 96 valence electrons. The van der Waals surface area contributed by atoms with Gasteiger partial charge in [-0.15, -0.1) is 0 Å². The molecule has 0 heterocycles. The normalized spacial score (nSPS) is 13.6. The number of benzene rings is 1. The fourth-order valence-corrected chi connectivity index (χ4v) is 3.75. The lowest BCUT2D eigenvalue weighted by molar-refractivity contribution is 0.566. The van der Waals surface area contributed by atoms with Gasteiger partial charge in [0, 0.05) is 6.04 Å². The Bertz CT molecular complexity index is 480. The monoisotopic (exact) mass is 255 g/mol. The minimum atomic E-state index is -3.20. The Hall–Kier alpha value is -0.870. The molecule has 1 aromatic carbocycles. The van der Waals surface area contributed by atoms with E-state index in [1.807, 2.05) is 39.8 Å². The molecule has 0 aliphatic heterocycles. The molecule has 0 saturated heterocycles. The van der Waals surface area contributed by atoms with Crippen LogP contribution in [0.5, 0.6) is 0 Å². The Morgan fingerprint density at radius 2 is 1.94 bits per heavy atom. The van der Waals surface area contributed by atoms with Crippen LogP contribution in [0.25, 0.3) is 0 Å². The first-order valence-electron chi connectivity index (χ1n) is 5.90. The quantitative estimate of drug-likeness (QED) is 0.876. The first-order valence-corrected chi connectivity index (χ1v) is 7.55. The zero-order valence-electron chi connectivity index (χ0n) is 10.9. The second-order valence-corrected chi connectivity index (χ2v) is 6.51. The van der Waals surface area contributed by atoms with E-state index in [9.17, 15) is 8.42 Å². The molecule has 0 aliphatic rings. The summed E-state index contributed by atoms with van der Waals surface area (Å²) in [5.74, 6) is 0.144. The highest BCUT2D eigenvalue weighted by atomic mass is 32.2. The van der Waals surface area contributed by atoms with Crippen molar-refractivity contribution < 1.29 is 8.42 Å². The molecule has 0 aliphatic carbocycles. The molecule has 0 bridgehead atoms. The van der Waals surface area contributed by atoms with Crippen molar-refractivity contribution >= 4 is 9.84 Å². The van der Waals surface area contributed by atoms with Crippen molar-refractivity contribution in [3.05, 3.63) is 29.3 Å². The summed E-state index contributed by atoms with van der Waals surface area (Å²) in [6, 6.07) is 5.52. The lowest BCUT2D eigenvalue weighted by Gasteiger charge is -2.14. The van der Waals surface area contributed by atoms with Gasteiger partial charge in [0.25, 0.3) is 0 Å². The predicted molar refractivity (Wildman–Crippen MR) is 71.1 cm³/mol. The van der Waals surface area contributed by atoms with Crippen LogP contribution in [0.15, 0.2) is 23.1 Å². The first-order chi connectivity index (χ1) is 7.86. The van der Waals surface area contributed by atoms with Crippen molar-refractivity contribution in [2.75, 3.05) is 12.3 Å². The van der Waals surface area contributed by atoms with Gasteiger partial charge < -0.3 is 5.32 Å². The van der Waals surface area contributed by atoms with Crippen LogP contribution in [-0.4, -0.2) is 26.8 Å². The predicted octanol–water partition coefficient (Wildman–Crippen LogP) is 2.08. The number of rotatable bonds is 5. The van der Waals surface area contributed by atoms with Gasteiger partial charge in [-0.3, -0.25) is 0 Å². The van der Waals surface area contributed by atoms with Gasteiger partial charge in [0.15, 0.2) is 9.84 Å². The summed E-state index contributed by atoms with van der Waals surface area (Å²) in [5.41, 5.74) is 1.80. The average Bonchev–Trinajstić information content (AvgIpc) is 2.21. The minimum absolute atomic E-state index is 0.0232. The van der Waals surface area contributed by atoms with Gasteiger partial charge in [0.1, 0.15) is 0 Å². The molecule has 1 rings (SSSR count). The smallest absolute Gasteiger partial charge is 0.180 e. The Balaban J connectivity index is 3.01. The highest BCUT2D eigenvalue weighted by Crippen LogP contribution is 2.18. The maximum Gasteiger partial charge on any atom is 0.180 e. The molecule has 0 fully saturated rings. The highest BCUT2D eigenvalue weighted by molar-refractivity contribution is 7.91. The summed E-state index contributed by atoms with van der Waals surface area (Å²) in [6.45, 7) is 8.40. The zero-order chi connectivity index (χ0) is 13.1. The number of hydrogen-bond acceptors (Lipinski definition) is 3. The van der Waals surface area contributed by atoms with E-state index in [2.05, 4.69) is 5.32 Å². The van der Waals surface area contributed by atoms with Crippen molar-refractivity contribution in [1.82, 2.24) is 5.32 Å². The molecule has 0 amide bonds. The molecule has 1 atom stereocenters. The Morgan fingerprint density at radius 1 is 1.29 bits per heavy atom. The molecule has 0 saturated carbocycles. The summed E-state index contributed by atoms with van der Waals surface area (Å²) in [6.07, 6.45) is 0. The largest absolute Gasteiger partial charge is 0.314 e. The first kappa shape index (κ1) is 14.2. The van der Waals surface area contributed by atoms with E-state index in [4.69, 9.17) is 0 Å². The van der Waals surface area contributed by atoms with E-state index in [-0.39, 0.29) is 11.8 Å². The Kier molecular flexibility index (Phi) is 4.71. The molecule has 4 heteroatoms. The van der Waals surface area contributed by atoms with E-state index >= 15 is 0 Å². The number of sulfone groups is 1. The second kappa shape index (κ2) is 5.65. The fraction of sp³-hybridized carbons (Fsp3) is 0.538. The Labute approximate surface area is 104 Å². The van der Waals surface area contributed by atoms with Gasteiger partial charge in [-0.1, -0.05) is 19.1 Å². The van der Waals surface area contributed by atoms with Crippen LogP contribution in [-0.2, 0) is 9.84 Å². The third-order valence-corrected chi connectivity index (χ3v) is 4.75. The molecule has 1 aromatic rings. The van der Waals surface area contributed by atoms with Crippen LogP contribution >= 0.6 is 0 Å². The third kappa shape index (κ3) is 3.82. The van der Waals surface area contributed by atoms with Crippen molar-refractivity contribution in [1.29, 1.82) is 0 Å². The summed E-state index contributed by atoms with van der Waals surface area (Å²) in [4.78, 5) is 0.460. The SMILES string of the molecule is CCNC(C)CS(=O)(=O)c1cc(C)ccc1C. The topological polar surface area (TPSA) is 46.2 Å². The molecule has 17 heavy (non-hydrogen) atoms. The van der Waals surface area contributed by atoms with Crippen molar-refractivity contribution in [3.63, 3.8) is 0 Å². The maximum atomic E-state index is 12.3. The van der Waals surface area contributed by atoms with Crippen LogP contribution in [0, 0.1) is 13.8 Å². The summed E-state index contributed by atoms with van der Waals surface area (Å²) >= 11 is 0. The fourth-order valence-electron chi connectivity index (χ4n) is 1.87. The average molecular weight is 255 g/mol. The third-order valence-electron chi connectivity index (χ3n) is 2.70. The van der Waals surface area contributed by atoms with E-state index in [0.717, 1.165) is 17.7 Å². The lowest BCUT2D eigenvalue weighted by atomic mass is 10.2. The van der Waals surface area contributed by atoms with Gasteiger partial charge in [-0.05, 0) is 44.5 Å². The van der Waals surface area contributed by atoms with E-state index in [1.54, 1.807) is 6.07 Å². The Morgan fingerprint density at radius 3 is 2.53 bits per heavy atom. The number of nitrogens with one attached hydrogen (secondary N) is 1. The van der Waals surface area contributed by atoms with Crippen LogP contribution in [0.4, 0.5) is 0 Å². The molecular weight excluding hydrogens is 234 g/mol. The molecule has 0 aromatic heterocycles. The van der Waals surface area contributed by atoms with E-state index in [0.29, 0.717) is 4.90 Å². The molecule has 1 unspecified atom stereocenters. The van der Waals surface area contributed by atoms with Crippen LogP contribution < -0.4 is 5.32 Å². The molecule has 1 N–H and O–H groups in total. The molecule has 0 radical (unpaired) electrons. The second-order valence-electron chi connectivity index (χ2n) is 4.51. The number of aryl methyl sites for hydroxylation is 2. The minimum Gasteiger partial charge on any atom is -0.314 e. The summed E-state index contributed by atoms with van der Waals surface area (Å²) in [7, 11) is -3.20.